The lowest BCUT2D eigenvalue weighted by Gasteiger charge is -2.19. The van der Waals surface area contributed by atoms with Crippen molar-refractivity contribution in [3.05, 3.63) is 97.2 Å². The Hall–Kier alpha value is -6.67. The Labute approximate surface area is 318 Å². The van der Waals surface area contributed by atoms with Crippen molar-refractivity contribution >= 4 is 72.0 Å². The molecule has 8 rings (SSSR count). The van der Waals surface area contributed by atoms with Crippen LogP contribution >= 0.6 is 11.6 Å². The van der Waals surface area contributed by atoms with Crippen LogP contribution in [0.4, 0.5) is 29.3 Å². The number of anilines is 2. The summed E-state index contributed by atoms with van der Waals surface area (Å²) in [5.41, 5.74) is -3.88. The lowest BCUT2D eigenvalue weighted by atomic mass is 10.2. The molecule has 0 radical (unpaired) electrons. The molecule has 286 valence electrons. The monoisotopic (exact) mass is 807 g/mol. The molecule has 1 aromatic carbocycles. The van der Waals surface area contributed by atoms with Crippen molar-refractivity contribution in [1.29, 1.82) is 0 Å². The summed E-state index contributed by atoms with van der Waals surface area (Å²) in [5.74, 6) is -0.256. The number of pyridine rings is 2. The highest BCUT2D eigenvalue weighted by atomic mass is 35.5. The van der Waals surface area contributed by atoms with Gasteiger partial charge in [0.1, 0.15) is 5.60 Å². The number of hydrogen-bond acceptors (Lipinski definition) is 15. The van der Waals surface area contributed by atoms with Gasteiger partial charge in [0.05, 0.1) is 40.1 Å². The summed E-state index contributed by atoms with van der Waals surface area (Å²) >= 11 is 6.48. The summed E-state index contributed by atoms with van der Waals surface area (Å²) in [6.07, 6.45) is 11.0. The van der Waals surface area contributed by atoms with Crippen molar-refractivity contribution in [2.45, 2.75) is 31.9 Å². The molecule has 0 saturated heterocycles. The van der Waals surface area contributed by atoms with E-state index >= 15 is 0 Å². The first kappa shape index (κ1) is 37.6. The molecule has 21 heteroatoms. The molecule has 0 amide bonds. The first-order chi connectivity index (χ1) is 26.6. The Morgan fingerprint density at radius 1 is 0.804 bits per heavy atom. The number of carbonyl (C=O) groups excluding carboxylic acids is 1. The molecule has 56 heavy (non-hydrogen) atoms. The number of nitrogens with zero attached hydrogens (tertiary/aromatic N) is 8. The molecule has 16 nitrogen and oxygen atoms in total. The number of fused-ring (bicyclic) bond motifs is 3. The zero-order valence-electron chi connectivity index (χ0n) is 29.0. The average molecular weight is 808 g/mol. The smallest absolute Gasteiger partial charge is 0.449 e. The van der Waals surface area contributed by atoms with Gasteiger partial charge in [0.15, 0.2) is 39.5 Å². The number of carbonyl (C=O) groups is 1. The fraction of sp³-hybridized carbons (Fsp3) is 0.143. The van der Waals surface area contributed by atoms with Crippen LogP contribution in [0.25, 0.3) is 56.0 Å². The van der Waals surface area contributed by atoms with E-state index in [0.717, 1.165) is 10.1 Å². The largest absolute Gasteiger partial charge is 0.534 e. The quantitative estimate of drug-likeness (QED) is 0.124. The molecule has 0 aliphatic carbocycles. The number of nitrogens with one attached hydrogen (secondary N) is 1. The average Bonchev–Trinajstić information content (AvgIpc) is 3.83. The second-order valence-electron chi connectivity index (χ2n) is 12.4. The first-order valence-electron chi connectivity index (χ1n) is 16.1. The minimum atomic E-state index is -5.88. The molecule has 0 aliphatic rings. The maximum atomic E-state index is 12.7. The molecule has 0 atom stereocenters. The van der Waals surface area contributed by atoms with Gasteiger partial charge in [-0.25, -0.2) is 24.7 Å². The maximum absolute atomic E-state index is 12.7. The van der Waals surface area contributed by atoms with Crippen LogP contribution < -0.4 is 9.50 Å². The molecule has 0 spiro atoms. The predicted octanol–water partition coefficient (Wildman–Crippen LogP) is 8.33. The fourth-order valence-electron chi connectivity index (χ4n) is 5.19. The van der Waals surface area contributed by atoms with Crippen molar-refractivity contribution in [3.8, 4) is 28.9 Å². The van der Waals surface area contributed by atoms with Gasteiger partial charge < -0.3 is 23.1 Å². The van der Waals surface area contributed by atoms with Crippen molar-refractivity contribution in [2.75, 3.05) is 5.32 Å². The Bertz CT molecular complexity index is 2830. The van der Waals surface area contributed by atoms with Crippen LogP contribution in [-0.4, -0.2) is 65.3 Å². The maximum Gasteiger partial charge on any atom is 0.534 e. The summed E-state index contributed by atoms with van der Waals surface area (Å²) in [7, 11) is -5.88. The van der Waals surface area contributed by atoms with Gasteiger partial charge in [-0.05, 0) is 57.2 Å². The molecule has 0 fully saturated rings. The van der Waals surface area contributed by atoms with E-state index in [-0.39, 0.29) is 27.7 Å². The summed E-state index contributed by atoms with van der Waals surface area (Å²) in [6, 6.07) is 11.7. The van der Waals surface area contributed by atoms with Gasteiger partial charge in [0.2, 0.25) is 5.76 Å². The third-order valence-corrected chi connectivity index (χ3v) is 8.66. The number of ether oxygens (including phenoxy) is 1. The van der Waals surface area contributed by atoms with Crippen LogP contribution in [0.2, 0.25) is 5.15 Å². The Balaban J connectivity index is 0.000000183. The highest BCUT2D eigenvalue weighted by Crippen LogP contribution is 2.42. The number of aromatic nitrogens is 8. The van der Waals surface area contributed by atoms with Gasteiger partial charge in [-0.2, -0.15) is 26.3 Å². The second-order valence-corrected chi connectivity index (χ2v) is 14.3. The summed E-state index contributed by atoms with van der Waals surface area (Å²) < 4.78 is 82.5. The summed E-state index contributed by atoms with van der Waals surface area (Å²) in [4.78, 5) is 36.8. The van der Waals surface area contributed by atoms with Crippen molar-refractivity contribution in [2.24, 2.45) is 0 Å². The van der Waals surface area contributed by atoms with Gasteiger partial charge >= 0.3 is 21.7 Å². The van der Waals surface area contributed by atoms with Crippen LogP contribution in [-0.2, 0) is 14.9 Å². The minimum Gasteiger partial charge on any atom is -0.449 e. The Morgan fingerprint density at radius 2 is 1.38 bits per heavy atom. The third kappa shape index (κ3) is 7.51. The number of hydrogen-bond donors (Lipinski definition) is 1. The molecule has 0 unspecified atom stereocenters. The third-order valence-electron chi connectivity index (χ3n) is 7.45. The summed E-state index contributed by atoms with van der Waals surface area (Å²) in [5, 5.41) is 9.11. The number of rotatable bonds is 6. The molecular weight excluding hydrogens is 783 g/mol. The normalized spacial score (nSPS) is 12.1. The SMILES string of the molecule is CC(C)(C)OC(=O)n1nc(Cl)c2c(Nc3c(-c4ncccn4)oc4cnccc34)cccc21.O=S(=O)(Oc1c(-c2ncccn2)oc2cnccc12)C(F)(F)F. The van der Waals surface area contributed by atoms with Gasteiger partial charge in [0.25, 0.3) is 0 Å². The van der Waals surface area contributed by atoms with Crippen LogP contribution in [0.1, 0.15) is 20.8 Å². The first-order valence-corrected chi connectivity index (χ1v) is 17.9. The number of benzene rings is 1. The molecule has 0 saturated carbocycles. The van der Waals surface area contributed by atoms with Gasteiger partial charge in [-0.1, -0.05) is 17.7 Å². The molecule has 0 aliphatic heterocycles. The Morgan fingerprint density at radius 3 is 1.98 bits per heavy atom. The molecule has 0 bridgehead atoms. The standard InChI is InChI=1S/C23H19ClN6O3.C12H6F3N3O4S/c1-23(2,3)33-22(31)30-15-7-4-6-14(17(15)20(24)29-30)28-18-13-8-11-25-12-16(13)32-19(18)21-26-9-5-10-27-21;13-12(14,15)23(19,20)22-9-7-2-5-16-6-8(7)21-10(9)11-17-3-1-4-18-11/h4-12,28H,1-3H3;1-6H. The van der Waals surface area contributed by atoms with Crippen molar-refractivity contribution in [1.82, 2.24) is 39.7 Å². The van der Waals surface area contributed by atoms with E-state index in [1.807, 2.05) is 12.1 Å². The van der Waals surface area contributed by atoms with Gasteiger partial charge in [-0.15, -0.1) is 5.10 Å². The van der Waals surface area contributed by atoms with Crippen LogP contribution in [0.15, 0.2) is 101 Å². The van der Waals surface area contributed by atoms with E-state index in [9.17, 15) is 26.4 Å². The van der Waals surface area contributed by atoms with Crippen LogP contribution in [0, 0.1) is 0 Å². The number of halogens is 4. The molecule has 7 aromatic heterocycles. The minimum absolute atomic E-state index is 0.00437. The predicted molar refractivity (Wildman–Crippen MR) is 195 cm³/mol. The summed E-state index contributed by atoms with van der Waals surface area (Å²) in [6.45, 7) is 5.37. The topological polar surface area (TPSA) is 203 Å². The van der Waals surface area contributed by atoms with E-state index in [0.29, 0.717) is 39.4 Å². The molecule has 7 heterocycles. The fourth-order valence-corrected chi connectivity index (χ4v) is 5.94. The zero-order valence-corrected chi connectivity index (χ0v) is 30.6. The lowest BCUT2D eigenvalue weighted by molar-refractivity contribution is -0.0499. The van der Waals surface area contributed by atoms with E-state index in [2.05, 4.69) is 44.5 Å². The van der Waals surface area contributed by atoms with E-state index in [1.54, 1.807) is 63.8 Å². The molecular formula is C35H25ClF3N9O7S. The Kier molecular flexibility index (Phi) is 9.76. The number of alkyl halides is 3. The zero-order chi connectivity index (χ0) is 39.8. The molecule has 1 N–H and O–H groups in total. The second kappa shape index (κ2) is 14.5. The van der Waals surface area contributed by atoms with Crippen molar-refractivity contribution in [3.63, 3.8) is 0 Å². The number of furan rings is 2. The van der Waals surface area contributed by atoms with E-state index in [4.69, 9.17) is 25.2 Å². The van der Waals surface area contributed by atoms with Crippen LogP contribution in [0.5, 0.6) is 5.75 Å². The van der Waals surface area contributed by atoms with Crippen molar-refractivity contribution < 1.29 is 44.1 Å². The van der Waals surface area contributed by atoms with Gasteiger partial charge in [0, 0.05) is 42.6 Å². The highest BCUT2D eigenvalue weighted by molar-refractivity contribution is 7.88. The highest BCUT2D eigenvalue weighted by Gasteiger charge is 2.49. The van der Waals surface area contributed by atoms with E-state index in [1.165, 1.54) is 36.9 Å². The van der Waals surface area contributed by atoms with Gasteiger partial charge in [-0.3, -0.25) is 9.97 Å². The van der Waals surface area contributed by atoms with Crippen LogP contribution in [0.3, 0.4) is 0 Å². The van der Waals surface area contributed by atoms with E-state index < -0.39 is 33.1 Å². The lowest BCUT2D eigenvalue weighted by Crippen LogP contribution is -2.28. The molecule has 8 aromatic rings.